The van der Waals surface area contributed by atoms with Gasteiger partial charge in [0, 0.05) is 0 Å². The molecule has 0 saturated carbocycles. The normalized spacial score (nSPS) is 11.5. The third kappa shape index (κ3) is 13.0. The number of rotatable bonds is 15. The number of allylic oxidation sites excluding steroid dienone is 2. The van der Waals surface area contributed by atoms with Crippen molar-refractivity contribution in [1.29, 1.82) is 0 Å². The summed E-state index contributed by atoms with van der Waals surface area (Å²) in [5.41, 5.74) is -0.919. The summed E-state index contributed by atoms with van der Waals surface area (Å²) in [5.74, 6) is -1.98. The summed E-state index contributed by atoms with van der Waals surface area (Å²) in [4.78, 5) is 24.2. The average Bonchev–Trinajstić information content (AvgIpc) is 2.76. The molecule has 1 aromatic rings. The van der Waals surface area contributed by atoms with Crippen LogP contribution in [0.25, 0.3) is 0 Å². The molecular formula is C24H33KO7S. The predicted octanol–water partition coefficient (Wildman–Crippen LogP) is 2.18. The molecule has 178 valence electrons. The van der Waals surface area contributed by atoms with E-state index in [0.717, 1.165) is 57.4 Å². The fourth-order valence-electron chi connectivity index (χ4n) is 2.91. The number of carbonyl (C=O) groups excluding carboxylic acids is 2. The Morgan fingerprint density at radius 2 is 1.36 bits per heavy atom. The molecule has 0 unspecified atom stereocenters. The molecule has 7 nitrogen and oxygen atoms in total. The molecule has 0 radical (unpaired) electrons. The standard InChI is InChI=1S/C24H34O7S.K/c1-3-5-7-9-11-13-18-30-23(25)20-16-15-17-21(32(27,28)29)22(20)24(26)31-19-14-12-10-8-6-4-2;/h11-17H,3-10,18-19H2,1-2H3,(H,27,28,29);/q;+1/p-1/b13-11+,14-12+;. The second kappa shape index (κ2) is 18.5. The number of unbranched alkanes of at least 4 members (excludes halogenated alkanes) is 6. The number of hydrogen-bond acceptors (Lipinski definition) is 7. The van der Waals surface area contributed by atoms with Gasteiger partial charge in [-0.05, 0) is 37.8 Å². The van der Waals surface area contributed by atoms with E-state index >= 15 is 0 Å². The summed E-state index contributed by atoms with van der Waals surface area (Å²) in [7, 11) is -5.01. The zero-order valence-electron chi connectivity index (χ0n) is 19.9. The molecule has 0 heterocycles. The summed E-state index contributed by atoms with van der Waals surface area (Å²) >= 11 is 0. The van der Waals surface area contributed by atoms with Crippen LogP contribution < -0.4 is 51.4 Å². The second-order valence-corrected chi connectivity index (χ2v) is 8.61. The smallest absolute Gasteiger partial charge is 0.744 e. The summed E-state index contributed by atoms with van der Waals surface area (Å²) in [5, 5.41) is 0. The van der Waals surface area contributed by atoms with Gasteiger partial charge < -0.3 is 14.0 Å². The molecular weight excluding hydrogens is 471 g/mol. The van der Waals surface area contributed by atoms with E-state index in [1.165, 1.54) is 12.1 Å². The van der Waals surface area contributed by atoms with Crippen molar-refractivity contribution >= 4 is 22.1 Å². The van der Waals surface area contributed by atoms with Crippen molar-refractivity contribution in [3.63, 3.8) is 0 Å². The molecule has 0 aliphatic rings. The van der Waals surface area contributed by atoms with Crippen LogP contribution in [0.4, 0.5) is 0 Å². The van der Waals surface area contributed by atoms with E-state index in [2.05, 4.69) is 13.8 Å². The monoisotopic (exact) mass is 504 g/mol. The summed E-state index contributed by atoms with van der Waals surface area (Å²) in [6, 6.07) is 3.43. The van der Waals surface area contributed by atoms with Gasteiger partial charge in [0.2, 0.25) is 0 Å². The molecule has 33 heavy (non-hydrogen) atoms. The molecule has 1 aromatic carbocycles. The molecule has 0 aromatic heterocycles. The summed E-state index contributed by atoms with van der Waals surface area (Å²) < 4.78 is 45.2. The third-order valence-electron chi connectivity index (χ3n) is 4.62. The van der Waals surface area contributed by atoms with E-state index < -0.39 is 32.5 Å². The van der Waals surface area contributed by atoms with Gasteiger partial charge in [0.15, 0.2) is 0 Å². The summed E-state index contributed by atoms with van der Waals surface area (Å²) in [6.45, 7) is 4.06. The molecule has 0 aliphatic heterocycles. The van der Waals surface area contributed by atoms with Crippen molar-refractivity contribution in [1.82, 2.24) is 0 Å². The quantitative estimate of drug-likeness (QED) is 0.118. The van der Waals surface area contributed by atoms with Gasteiger partial charge in [0.25, 0.3) is 0 Å². The van der Waals surface area contributed by atoms with Gasteiger partial charge in [-0.1, -0.05) is 69.9 Å². The van der Waals surface area contributed by atoms with Crippen LogP contribution in [0.15, 0.2) is 47.4 Å². The van der Waals surface area contributed by atoms with Crippen LogP contribution in [-0.4, -0.2) is 38.1 Å². The van der Waals surface area contributed by atoms with Gasteiger partial charge in [-0.3, -0.25) is 0 Å². The Morgan fingerprint density at radius 3 is 1.85 bits per heavy atom. The Bertz CT molecular complexity index is 892. The first-order valence-electron chi connectivity index (χ1n) is 11.1. The van der Waals surface area contributed by atoms with Crippen LogP contribution in [0, 0.1) is 0 Å². The minimum atomic E-state index is -5.01. The zero-order valence-corrected chi connectivity index (χ0v) is 23.8. The minimum absolute atomic E-state index is 0. The van der Waals surface area contributed by atoms with Crippen LogP contribution in [-0.2, 0) is 19.6 Å². The van der Waals surface area contributed by atoms with Crippen molar-refractivity contribution < 1.29 is 83.4 Å². The van der Waals surface area contributed by atoms with Gasteiger partial charge in [-0.25, -0.2) is 18.0 Å². The van der Waals surface area contributed by atoms with Crippen LogP contribution in [0.2, 0.25) is 0 Å². The van der Waals surface area contributed by atoms with Crippen molar-refractivity contribution in [2.45, 2.75) is 70.1 Å². The van der Waals surface area contributed by atoms with Crippen molar-refractivity contribution in [2.75, 3.05) is 13.2 Å². The van der Waals surface area contributed by atoms with Crippen LogP contribution in [0.3, 0.4) is 0 Å². The predicted molar refractivity (Wildman–Crippen MR) is 122 cm³/mol. The number of carbonyl (C=O) groups is 2. The van der Waals surface area contributed by atoms with Crippen LogP contribution in [0.5, 0.6) is 0 Å². The van der Waals surface area contributed by atoms with E-state index in [1.54, 1.807) is 12.2 Å². The largest absolute Gasteiger partial charge is 1.00 e. The molecule has 0 bridgehead atoms. The van der Waals surface area contributed by atoms with Crippen LogP contribution in [0.1, 0.15) is 85.9 Å². The maximum atomic E-state index is 12.6. The van der Waals surface area contributed by atoms with E-state index in [-0.39, 0.29) is 70.2 Å². The maximum Gasteiger partial charge on any atom is 1.00 e. The Kier molecular flexibility index (Phi) is 18.0. The minimum Gasteiger partial charge on any atom is -0.744 e. The van der Waals surface area contributed by atoms with Crippen molar-refractivity contribution in [3.05, 3.63) is 53.6 Å². The SMILES string of the molecule is CCCCC/C=C/COC(=O)c1cccc(S(=O)(=O)[O-])c1C(=O)OC/C=C/CCCCC.[K+]. The second-order valence-electron chi connectivity index (χ2n) is 7.26. The Hall–Kier alpha value is -0.814. The third-order valence-corrected chi connectivity index (χ3v) is 5.50. The van der Waals surface area contributed by atoms with E-state index in [9.17, 15) is 22.6 Å². The first-order valence-corrected chi connectivity index (χ1v) is 12.5. The van der Waals surface area contributed by atoms with Gasteiger partial charge in [0.05, 0.1) is 16.0 Å². The van der Waals surface area contributed by atoms with Crippen molar-refractivity contribution in [3.8, 4) is 0 Å². The van der Waals surface area contributed by atoms with Crippen molar-refractivity contribution in [2.24, 2.45) is 0 Å². The molecule has 9 heteroatoms. The first kappa shape index (κ1) is 32.2. The fourth-order valence-corrected chi connectivity index (χ4v) is 3.60. The van der Waals surface area contributed by atoms with Crippen LogP contribution >= 0.6 is 0 Å². The van der Waals surface area contributed by atoms with E-state index in [1.807, 2.05) is 12.2 Å². The number of ether oxygens (including phenoxy) is 2. The number of benzene rings is 1. The fraction of sp³-hybridized carbons (Fsp3) is 0.500. The van der Waals surface area contributed by atoms with E-state index in [4.69, 9.17) is 9.47 Å². The maximum absolute atomic E-state index is 12.6. The number of hydrogen-bond donors (Lipinski definition) is 0. The van der Waals surface area contributed by atoms with Gasteiger partial charge in [-0.2, -0.15) is 0 Å². The number of esters is 2. The average molecular weight is 505 g/mol. The molecule has 0 saturated heterocycles. The van der Waals surface area contributed by atoms with Gasteiger partial charge in [0.1, 0.15) is 23.3 Å². The molecule has 0 N–H and O–H groups in total. The Balaban J connectivity index is 0.0000102. The molecule has 1 rings (SSSR count). The zero-order chi connectivity index (χ0) is 23.8. The molecule has 0 fully saturated rings. The first-order chi connectivity index (χ1) is 15.3. The molecule has 0 amide bonds. The Labute approximate surface area is 240 Å². The molecule has 0 aliphatic carbocycles. The van der Waals surface area contributed by atoms with Gasteiger partial charge in [-0.15, -0.1) is 0 Å². The summed E-state index contributed by atoms with van der Waals surface area (Å²) in [6.07, 6.45) is 15.2. The Morgan fingerprint density at radius 1 is 0.848 bits per heavy atom. The van der Waals surface area contributed by atoms with E-state index in [0.29, 0.717) is 0 Å². The molecule has 0 atom stereocenters. The molecule has 0 spiro atoms. The van der Waals surface area contributed by atoms with Gasteiger partial charge >= 0.3 is 63.3 Å². The topological polar surface area (TPSA) is 110 Å².